The quantitative estimate of drug-likeness (QED) is 0.768. The Morgan fingerprint density at radius 3 is 2.60 bits per heavy atom. The standard InChI is InChI=1S/C13H17NO5S/c15-12-7-2-1-6-11(12)14-20(18,19)10-5-3-4-9(8-10)13(16)17/h3-5,8,11-12,14-15H,1-2,6-7H2,(H,16,17)/t11-,12-/m0/s1. The number of hydrogen-bond donors (Lipinski definition) is 3. The van der Waals surface area contributed by atoms with Crippen LogP contribution in [0.2, 0.25) is 0 Å². The summed E-state index contributed by atoms with van der Waals surface area (Å²) in [6.07, 6.45) is 2.20. The highest BCUT2D eigenvalue weighted by atomic mass is 32.2. The average molecular weight is 299 g/mol. The molecule has 1 aliphatic rings. The van der Waals surface area contributed by atoms with Crippen molar-refractivity contribution in [2.45, 2.75) is 42.7 Å². The predicted octanol–water partition coefficient (Wildman–Crippen LogP) is 0.967. The smallest absolute Gasteiger partial charge is 0.335 e. The summed E-state index contributed by atoms with van der Waals surface area (Å²) in [5.41, 5.74) is -0.0860. The van der Waals surface area contributed by atoms with Crippen LogP contribution in [0.5, 0.6) is 0 Å². The van der Waals surface area contributed by atoms with E-state index in [1.54, 1.807) is 0 Å². The van der Waals surface area contributed by atoms with Crippen LogP contribution in [0.25, 0.3) is 0 Å². The Morgan fingerprint density at radius 2 is 1.95 bits per heavy atom. The first-order valence-electron chi connectivity index (χ1n) is 6.44. The fraction of sp³-hybridized carbons (Fsp3) is 0.462. The third-order valence-corrected chi connectivity index (χ3v) is 4.91. The topological polar surface area (TPSA) is 104 Å². The van der Waals surface area contributed by atoms with Crippen LogP contribution in [0.1, 0.15) is 36.0 Å². The van der Waals surface area contributed by atoms with Crippen molar-refractivity contribution in [3.63, 3.8) is 0 Å². The Hall–Kier alpha value is -1.44. The van der Waals surface area contributed by atoms with E-state index in [0.29, 0.717) is 12.8 Å². The number of aliphatic hydroxyl groups is 1. The van der Waals surface area contributed by atoms with E-state index < -0.39 is 28.1 Å². The molecule has 0 saturated heterocycles. The molecule has 0 radical (unpaired) electrons. The highest BCUT2D eigenvalue weighted by molar-refractivity contribution is 7.89. The van der Waals surface area contributed by atoms with Crippen LogP contribution in [-0.2, 0) is 10.0 Å². The van der Waals surface area contributed by atoms with Crippen LogP contribution in [0.15, 0.2) is 29.2 Å². The lowest BCUT2D eigenvalue weighted by Gasteiger charge is -2.28. The van der Waals surface area contributed by atoms with Gasteiger partial charge in [0.15, 0.2) is 0 Å². The number of aromatic carboxylic acids is 1. The lowest BCUT2D eigenvalue weighted by atomic mass is 9.93. The van der Waals surface area contributed by atoms with Gasteiger partial charge in [-0.05, 0) is 31.0 Å². The molecule has 0 aromatic heterocycles. The molecule has 2 rings (SSSR count). The number of aliphatic hydroxyl groups excluding tert-OH is 1. The van der Waals surface area contributed by atoms with E-state index in [0.717, 1.165) is 18.9 Å². The van der Waals surface area contributed by atoms with E-state index in [1.165, 1.54) is 18.2 Å². The number of sulfonamides is 1. The Labute approximate surface area is 117 Å². The van der Waals surface area contributed by atoms with Gasteiger partial charge in [0, 0.05) is 6.04 Å². The minimum atomic E-state index is -3.82. The minimum absolute atomic E-state index is 0.0860. The summed E-state index contributed by atoms with van der Waals surface area (Å²) in [7, 11) is -3.82. The molecule has 0 bridgehead atoms. The molecule has 0 unspecified atom stereocenters. The zero-order chi connectivity index (χ0) is 14.8. The molecule has 1 fully saturated rings. The molecule has 6 nitrogen and oxygen atoms in total. The van der Waals surface area contributed by atoms with Crippen LogP contribution in [0, 0.1) is 0 Å². The molecule has 20 heavy (non-hydrogen) atoms. The predicted molar refractivity (Wildman–Crippen MR) is 72.0 cm³/mol. The summed E-state index contributed by atoms with van der Waals surface area (Å²) in [5.74, 6) is -1.18. The highest BCUT2D eigenvalue weighted by Gasteiger charge is 2.28. The van der Waals surface area contributed by atoms with Crippen LogP contribution in [0.4, 0.5) is 0 Å². The fourth-order valence-corrected chi connectivity index (χ4v) is 3.66. The summed E-state index contributed by atoms with van der Waals surface area (Å²) in [5, 5.41) is 18.7. The lowest BCUT2D eigenvalue weighted by Crippen LogP contribution is -2.44. The van der Waals surface area contributed by atoms with Gasteiger partial charge < -0.3 is 10.2 Å². The van der Waals surface area contributed by atoms with Gasteiger partial charge in [-0.3, -0.25) is 0 Å². The van der Waals surface area contributed by atoms with Gasteiger partial charge in [0.05, 0.1) is 16.6 Å². The average Bonchev–Trinajstić information content (AvgIpc) is 2.41. The number of rotatable bonds is 4. The van der Waals surface area contributed by atoms with Gasteiger partial charge in [-0.15, -0.1) is 0 Å². The van der Waals surface area contributed by atoms with Crippen LogP contribution < -0.4 is 4.72 Å². The normalized spacial score (nSPS) is 23.4. The Morgan fingerprint density at radius 1 is 1.25 bits per heavy atom. The van der Waals surface area contributed by atoms with Crippen molar-refractivity contribution in [1.82, 2.24) is 4.72 Å². The molecule has 110 valence electrons. The number of carboxylic acid groups (broad SMARTS) is 1. The molecule has 0 heterocycles. The first-order chi connectivity index (χ1) is 9.40. The number of benzene rings is 1. The largest absolute Gasteiger partial charge is 0.478 e. The van der Waals surface area contributed by atoms with Crippen LogP contribution >= 0.6 is 0 Å². The zero-order valence-corrected chi connectivity index (χ0v) is 11.6. The fourth-order valence-electron chi connectivity index (χ4n) is 2.31. The highest BCUT2D eigenvalue weighted by Crippen LogP contribution is 2.21. The molecule has 7 heteroatoms. The van der Waals surface area contributed by atoms with Gasteiger partial charge in [-0.25, -0.2) is 17.9 Å². The van der Waals surface area contributed by atoms with E-state index in [4.69, 9.17) is 5.11 Å². The maximum absolute atomic E-state index is 12.2. The van der Waals surface area contributed by atoms with Crippen molar-refractivity contribution < 1.29 is 23.4 Å². The molecule has 0 amide bonds. The van der Waals surface area contributed by atoms with E-state index in [9.17, 15) is 18.3 Å². The van der Waals surface area contributed by atoms with Crippen molar-refractivity contribution >= 4 is 16.0 Å². The molecule has 1 saturated carbocycles. The van der Waals surface area contributed by atoms with Gasteiger partial charge >= 0.3 is 5.97 Å². The van der Waals surface area contributed by atoms with Crippen LogP contribution in [0.3, 0.4) is 0 Å². The van der Waals surface area contributed by atoms with Gasteiger partial charge in [0.25, 0.3) is 0 Å². The third-order valence-electron chi connectivity index (χ3n) is 3.43. The van der Waals surface area contributed by atoms with E-state index in [1.807, 2.05) is 0 Å². The van der Waals surface area contributed by atoms with Gasteiger partial charge in [-0.2, -0.15) is 0 Å². The van der Waals surface area contributed by atoms with Crippen LogP contribution in [-0.4, -0.2) is 36.7 Å². The maximum Gasteiger partial charge on any atom is 0.335 e. The second-order valence-electron chi connectivity index (χ2n) is 4.91. The molecular weight excluding hydrogens is 282 g/mol. The molecule has 0 aliphatic heterocycles. The van der Waals surface area contributed by atoms with Gasteiger partial charge in [0.2, 0.25) is 10.0 Å². The molecular formula is C13H17NO5S. The Bertz CT molecular complexity index is 599. The minimum Gasteiger partial charge on any atom is -0.478 e. The van der Waals surface area contributed by atoms with E-state index in [-0.39, 0.29) is 10.5 Å². The van der Waals surface area contributed by atoms with E-state index >= 15 is 0 Å². The number of carboxylic acids is 1. The lowest BCUT2D eigenvalue weighted by molar-refractivity contribution is 0.0696. The monoisotopic (exact) mass is 299 g/mol. The summed E-state index contributed by atoms with van der Waals surface area (Å²) >= 11 is 0. The number of nitrogens with one attached hydrogen (secondary N) is 1. The maximum atomic E-state index is 12.2. The molecule has 1 aromatic rings. The first kappa shape index (κ1) is 15.0. The molecule has 1 aromatic carbocycles. The first-order valence-corrected chi connectivity index (χ1v) is 7.92. The summed E-state index contributed by atoms with van der Waals surface area (Å²) < 4.78 is 26.9. The summed E-state index contributed by atoms with van der Waals surface area (Å²) in [6.45, 7) is 0. The zero-order valence-electron chi connectivity index (χ0n) is 10.8. The Kier molecular flexibility index (Phi) is 4.42. The molecule has 1 aliphatic carbocycles. The number of carbonyl (C=O) groups is 1. The summed E-state index contributed by atoms with van der Waals surface area (Å²) in [4.78, 5) is 10.8. The van der Waals surface area contributed by atoms with E-state index in [2.05, 4.69) is 4.72 Å². The van der Waals surface area contributed by atoms with Gasteiger partial charge in [0.1, 0.15) is 0 Å². The second kappa shape index (κ2) is 5.90. The van der Waals surface area contributed by atoms with Crippen molar-refractivity contribution in [1.29, 1.82) is 0 Å². The molecule has 2 atom stereocenters. The summed E-state index contributed by atoms with van der Waals surface area (Å²) in [6, 6.07) is 4.65. The molecule has 0 spiro atoms. The number of hydrogen-bond acceptors (Lipinski definition) is 4. The van der Waals surface area contributed by atoms with Crippen molar-refractivity contribution in [2.24, 2.45) is 0 Å². The second-order valence-corrected chi connectivity index (χ2v) is 6.63. The van der Waals surface area contributed by atoms with Gasteiger partial charge in [-0.1, -0.05) is 18.9 Å². The van der Waals surface area contributed by atoms with Crippen molar-refractivity contribution in [2.75, 3.05) is 0 Å². The Balaban J connectivity index is 2.21. The molecule has 3 N–H and O–H groups in total. The third kappa shape index (κ3) is 3.36. The SMILES string of the molecule is O=C(O)c1cccc(S(=O)(=O)N[C@H]2CCCC[C@@H]2O)c1. The van der Waals surface area contributed by atoms with Crippen molar-refractivity contribution in [3.8, 4) is 0 Å². The van der Waals surface area contributed by atoms with Crippen molar-refractivity contribution in [3.05, 3.63) is 29.8 Å².